The molecule has 7 heteroatoms. The second-order valence-electron chi connectivity index (χ2n) is 10.5. The van der Waals surface area contributed by atoms with Crippen LogP contribution in [-0.2, 0) is 4.79 Å². The highest BCUT2D eigenvalue weighted by Gasteiger charge is 2.30. The van der Waals surface area contributed by atoms with Gasteiger partial charge in [0, 0.05) is 48.4 Å². The molecule has 3 heterocycles. The Morgan fingerprint density at radius 3 is 2.43 bits per heavy atom. The number of benzene rings is 2. The van der Waals surface area contributed by atoms with E-state index < -0.39 is 11.6 Å². The SMILES string of the molecule is O=C(C=Cc1cc(F)cc(F)c1)N1CCC(CC(CO)N2CCC(c3c[nH]c4ccccc34)CC2)CC1. The number of carbonyl (C=O) groups is 1. The number of aromatic amines is 1. The van der Waals surface area contributed by atoms with Crippen molar-refractivity contribution in [2.45, 2.75) is 44.1 Å². The van der Waals surface area contributed by atoms with Gasteiger partial charge in [0.1, 0.15) is 11.6 Å². The summed E-state index contributed by atoms with van der Waals surface area (Å²) in [5, 5.41) is 11.5. The van der Waals surface area contributed by atoms with Crippen LogP contribution in [0.3, 0.4) is 0 Å². The third-order valence-corrected chi connectivity index (χ3v) is 8.15. The van der Waals surface area contributed by atoms with Crippen molar-refractivity contribution in [3.63, 3.8) is 0 Å². The maximum atomic E-state index is 13.4. The smallest absolute Gasteiger partial charge is 0.246 e. The molecule has 3 aromatic rings. The molecular formula is C30H35F2N3O2. The molecule has 0 radical (unpaired) electrons. The molecule has 2 N–H and O–H groups in total. The minimum atomic E-state index is -0.659. The second-order valence-corrected chi connectivity index (χ2v) is 10.5. The number of hydrogen-bond acceptors (Lipinski definition) is 3. The lowest BCUT2D eigenvalue weighted by Gasteiger charge is -2.39. The van der Waals surface area contributed by atoms with Crippen molar-refractivity contribution in [3.05, 3.63) is 77.5 Å². The fourth-order valence-electron chi connectivity index (χ4n) is 6.06. The summed E-state index contributed by atoms with van der Waals surface area (Å²) in [6, 6.07) is 11.8. The van der Waals surface area contributed by atoms with Crippen molar-refractivity contribution in [2.75, 3.05) is 32.8 Å². The zero-order valence-electron chi connectivity index (χ0n) is 21.1. The summed E-state index contributed by atoms with van der Waals surface area (Å²) in [5.74, 6) is -0.449. The maximum Gasteiger partial charge on any atom is 0.246 e. The molecule has 196 valence electrons. The first kappa shape index (κ1) is 25.6. The van der Waals surface area contributed by atoms with Gasteiger partial charge in [0.2, 0.25) is 5.91 Å². The number of hydrogen-bond donors (Lipinski definition) is 2. The first-order valence-electron chi connectivity index (χ1n) is 13.3. The van der Waals surface area contributed by atoms with Crippen LogP contribution in [0.2, 0.25) is 0 Å². The van der Waals surface area contributed by atoms with E-state index in [4.69, 9.17) is 0 Å². The Morgan fingerprint density at radius 1 is 1.03 bits per heavy atom. The Labute approximate surface area is 216 Å². The van der Waals surface area contributed by atoms with Crippen molar-refractivity contribution in [1.82, 2.24) is 14.8 Å². The van der Waals surface area contributed by atoms with E-state index in [1.807, 2.05) is 0 Å². The Kier molecular flexibility index (Phi) is 8.01. The first-order chi connectivity index (χ1) is 18.0. The van der Waals surface area contributed by atoms with E-state index in [1.165, 1.54) is 40.8 Å². The molecule has 1 unspecified atom stereocenters. The van der Waals surface area contributed by atoms with Crippen LogP contribution in [-0.4, -0.2) is 64.6 Å². The summed E-state index contributed by atoms with van der Waals surface area (Å²) < 4.78 is 26.7. The van der Waals surface area contributed by atoms with E-state index in [0.717, 1.165) is 51.3 Å². The minimum absolute atomic E-state index is 0.138. The number of aliphatic hydroxyl groups is 1. The molecule has 0 aliphatic carbocycles. The number of rotatable bonds is 7. The molecule has 1 atom stereocenters. The van der Waals surface area contributed by atoms with Gasteiger partial charge in [-0.2, -0.15) is 0 Å². The topological polar surface area (TPSA) is 59.6 Å². The summed E-state index contributed by atoms with van der Waals surface area (Å²) in [6.45, 7) is 3.44. The van der Waals surface area contributed by atoms with Crippen LogP contribution in [0, 0.1) is 17.6 Å². The number of aromatic nitrogens is 1. The number of carbonyl (C=O) groups excluding carboxylic acids is 1. The van der Waals surface area contributed by atoms with Gasteiger partial charge in [-0.05, 0) is 92.4 Å². The van der Waals surface area contributed by atoms with Gasteiger partial charge < -0.3 is 15.0 Å². The molecule has 1 aromatic heterocycles. The van der Waals surface area contributed by atoms with Crippen molar-refractivity contribution in [2.24, 2.45) is 5.92 Å². The number of nitrogens with one attached hydrogen (secondary N) is 1. The molecule has 2 fully saturated rings. The zero-order chi connectivity index (χ0) is 25.8. The lowest BCUT2D eigenvalue weighted by molar-refractivity contribution is -0.127. The average Bonchev–Trinajstić information content (AvgIpc) is 3.35. The quantitative estimate of drug-likeness (QED) is 0.425. The largest absolute Gasteiger partial charge is 0.395 e. The van der Waals surface area contributed by atoms with Crippen molar-refractivity contribution in [1.29, 1.82) is 0 Å². The number of aliphatic hydroxyl groups excluding tert-OH is 1. The molecule has 37 heavy (non-hydrogen) atoms. The molecule has 0 spiro atoms. The van der Waals surface area contributed by atoms with Crippen molar-refractivity contribution in [3.8, 4) is 0 Å². The summed E-state index contributed by atoms with van der Waals surface area (Å²) in [4.78, 5) is 20.2. The van der Waals surface area contributed by atoms with Gasteiger partial charge in [0.05, 0.1) is 6.61 Å². The third kappa shape index (κ3) is 6.11. The minimum Gasteiger partial charge on any atom is -0.395 e. The molecule has 1 amide bonds. The lowest BCUT2D eigenvalue weighted by Crippen LogP contribution is -2.45. The number of para-hydroxylation sites is 1. The van der Waals surface area contributed by atoms with Gasteiger partial charge in [0.15, 0.2) is 0 Å². The fraction of sp³-hybridized carbons (Fsp3) is 0.433. The predicted octanol–water partition coefficient (Wildman–Crippen LogP) is 5.33. The number of likely N-dealkylation sites (tertiary alicyclic amines) is 2. The average molecular weight is 508 g/mol. The normalized spacial score (nSPS) is 19.2. The van der Waals surface area contributed by atoms with E-state index in [9.17, 15) is 18.7 Å². The molecule has 2 aromatic carbocycles. The van der Waals surface area contributed by atoms with Gasteiger partial charge in [-0.1, -0.05) is 18.2 Å². The van der Waals surface area contributed by atoms with Gasteiger partial charge in [0.25, 0.3) is 0 Å². The summed E-state index contributed by atoms with van der Waals surface area (Å²) in [5.41, 5.74) is 2.93. The van der Waals surface area contributed by atoms with E-state index in [2.05, 4.69) is 40.3 Å². The van der Waals surface area contributed by atoms with Crippen LogP contribution in [0.5, 0.6) is 0 Å². The van der Waals surface area contributed by atoms with E-state index >= 15 is 0 Å². The van der Waals surface area contributed by atoms with Gasteiger partial charge >= 0.3 is 0 Å². The van der Waals surface area contributed by atoms with Crippen molar-refractivity contribution >= 4 is 22.9 Å². The van der Waals surface area contributed by atoms with Crippen molar-refractivity contribution < 1.29 is 18.7 Å². The van der Waals surface area contributed by atoms with Crippen LogP contribution in [0.15, 0.2) is 54.7 Å². The standard InChI is InChI=1S/C30H35F2N3O2/c31-24-15-22(16-25(32)18-24)5-6-30(37)35-11-7-21(8-12-35)17-26(20-36)34-13-9-23(10-14-34)28-19-33-29-4-2-1-3-27(28)29/h1-6,15-16,18-19,21,23,26,33,36H,7-14,17,20H2. The number of H-pyrrole nitrogens is 1. The highest BCUT2D eigenvalue weighted by atomic mass is 19.1. The molecule has 2 saturated heterocycles. The molecule has 0 saturated carbocycles. The molecule has 2 aliphatic heterocycles. The highest BCUT2D eigenvalue weighted by molar-refractivity contribution is 5.91. The van der Waals surface area contributed by atoms with Crippen LogP contribution in [0.4, 0.5) is 8.78 Å². The fourth-order valence-corrected chi connectivity index (χ4v) is 6.06. The third-order valence-electron chi connectivity index (χ3n) is 8.15. The molecule has 2 aliphatic rings. The molecular weight excluding hydrogens is 472 g/mol. The number of halogens is 2. The number of nitrogens with zero attached hydrogens (tertiary/aromatic N) is 2. The van der Waals surface area contributed by atoms with Crippen LogP contribution in [0.25, 0.3) is 17.0 Å². The van der Waals surface area contributed by atoms with Crippen LogP contribution in [0.1, 0.15) is 49.1 Å². The maximum absolute atomic E-state index is 13.4. The summed E-state index contributed by atoms with van der Waals surface area (Å²) in [6.07, 6.45) is 9.93. The number of fused-ring (bicyclic) bond motifs is 1. The number of piperidine rings is 2. The van der Waals surface area contributed by atoms with E-state index in [0.29, 0.717) is 30.5 Å². The first-order valence-corrected chi connectivity index (χ1v) is 13.3. The van der Waals surface area contributed by atoms with E-state index in [-0.39, 0.29) is 18.6 Å². The Bertz CT molecular complexity index is 1220. The molecule has 5 nitrogen and oxygen atoms in total. The van der Waals surface area contributed by atoms with Gasteiger partial charge in [-0.15, -0.1) is 0 Å². The second kappa shape index (κ2) is 11.6. The van der Waals surface area contributed by atoms with Gasteiger partial charge in [-0.3, -0.25) is 9.69 Å². The Hall–Kier alpha value is -3.03. The predicted molar refractivity (Wildman–Crippen MR) is 142 cm³/mol. The zero-order valence-corrected chi connectivity index (χ0v) is 21.1. The van der Waals surface area contributed by atoms with E-state index in [1.54, 1.807) is 4.90 Å². The Morgan fingerprint density at radius 2 is 1.73 bits per heavy atom. The van der Waals surface area contributed by atoms with Crippen LogP contribution < -0.4 is 0 Å². The molecule has 5 rings (SSSR count). The Balaban J connectivity index is 1.09. The molecule has 0 bridgehead atoms. The van der Waals surface area contributed by atoms with Crippen LogP contribution >= 0.6 is 0 Å². The van der Waals surface area contributed by atoms with Gasteiger partial charge in [-0.25, -0.2) is 8.78 Å². The monoisotopic (exact) mass is 507 g/mol. The summed E-state index contributed by atoms with van der Waals surface area (Å²) in [7, 11) is 0. The summed E-state index contributed by atoms with van der Waals surface area (Å²) >= 11 is 0. The number of amides is 1. The lowest BCUT2D eigenvalue weighted by atomic mass is 9.86. The highest BCUT2D eigenvalue weighted by Crippen LogP contribution is 2.34.